The summed E-state index contributed by atoms with van der Waals surface area (Å²) < 4.78 is 2.24. The van der Waals surface area contributed by atoms with Crippen molar-refractivity contribution in [3.05, 3.63) is 78.5 Å². The summed E-state index contributed by atoms with van der Waals surface area (Å²) in [6.07, 6.45) is 3.83. The normalized spacial score (nSPS) is 10.7. The molecule has 20 heavy (non-hydrogen) atoms. The fourth-order valence-corrected chi connectivity index (χ4v) is 2.83. The van der Waals surface area contributed by atoms with Crippen molar-refractivity contribution in [2.24, 2.45) is 0 Å². The van der Waals surface area contributed by atoms with Crippen molar-refractivity contribution in [2.45, 2.75) is 6.92 Å². The number of hydrogen-bond donors (Lipinski definition) is 0. The highest BCUT2D eigenvalue weighted by atomic mass is 15.0. The molecule has 0 radical (unpaired) electrons. The number of aryl methyl sites for hydroxylation is 1. The van der Waals surface area contributed by atoms with Gasteiger partial charge in [0.05, 0.1) is 11.2 Å². The first-order valence-corrected chi connectivity index (χ1v) is 6.72. The Bertz CT molecular complexity index is 791. The first-order valence-electron chi connectivity index (χ1n) is 6.72. The average Bonchev–Trinajstić information content (AvgIpc) is 2.82. The van der Waals surface area contributed by atoms with Crippen LogP contribution in [0.5, 0.6) is 0 Å². The van der Waals surface area contributed by atoms with Crippen LogP contribution in [0.25, 0.3) is 28.7 Å². The lowest BCUT2D eigenvalue weighted by atomic mass is 10.1. The largest absolute Gasteiger partial charge is 0.309 e. The summed E-state index contributed by atoms with van der Waals surface area (Å²) in [5, 5.41) is 1.25. The van der Waals surface area contributed by atoms with Crippen molar-refractivity contribution in [3.63, 3.8) is 0 Å². The zero-order valence-electron chi connectivity index (χ0n) is 11.6. The fraction of sp³-hybridized carbons (Fsp3) is 0.0526. The number of fused-ring (bicyclic) bond motifs is 1. The van der Waals surface area contributed by atoms with Crippen LogP contribution in [0, 0.1) is 6.92 Å². The Kier molecular flexibility index (Phi) is 3.03. The zero-order chi connectivity index (χ0) is 14.1. The second-order valence-electron chi connectivity index (χ2n) is 4.85. The molecule has 0 N–H and O–H groups in total. The molecule has 0 bridgehead atoms. The van der Waals surface area contributed by atoms with Crippen LogP contribution < -0.4 is 0 Å². The minimum Gasteiger partial charge on any atom is -0.309 e. The van der Waals surface area contributed by atoms with E-state index in [1.165, 1.54) is 16.5 Å². The van der Waals surface area contributed by atoms with Crippen molar-refractivity contribution >= 4 is 23.1 Å². The molecule has 0 saturated heterocycles. The summed E-state index contributed by atoms with van der Waals surface area (Å²) in [4.78, 5) is 0. The van der Waals surface area contributed by atoms with E-state index in [1.807, 2.05) is 18.2 Å². The molecule has 0 aliphatic heterocycles. The Balaban J connectivity index is 2.51. The molecule has 98 valence electrons. The maximum atomic E-state index is 3.98. The van der Waals surface area contributed by atoms with Gasteiger partial charge in [0, 0.05) is 16.6 Å². The van der Waals surface area contributed by atoms with Gasteiger partial charge in [0.25, 0.3) is 0 Å². The Labute approximate surface area is 119 Å². The van der Waals surface area contributed by atoms with Gasteiger partial charge >= 0.3 is 0 Å². The van der Waals surface area contributed by atoms with E-state index in [-0.39, 0.29) is 0 Å². The third-order valence-electron chi connectivity index (χ3n) is 3.69. The molecule has 0 unspecified atom stereocenters. The van der Waals surface area contributed by atoms with Gasteiger partial charge < -0.3 is 4.57 Å². The lowest BCUT2D eigenvalue weighted by Gasteiger charge is -2.08. The Morgan fingerprint density at radius 3 is 2.30 bits per heavy atom. The molecule has 0 amide bonds. The number of benzene rings is 2. The van der Waals surface area contributed by atoms with E-state index in [9.17, 15) is 0 Å². The molecule has 3 aromatic rings. The highest BCUT2D eigenvalue weighted by molar-refractivity contribution is 5.97. The second kappa shape index (κ2) is 4.86. The fourth-order valence-electron chi connectivity index (χ4n) is 2.83. The molecular formula is C19H17N. The van der Waals surface area contributed by atoms with E-state index in [0.717, 1.165) is 16.9 Å². The van der Waals surface area contributed by atoms with Crippen molar-refractivity contribution in [1.29, 1.82) is 0 Å². The van der Waals surface area contributed by atoms with Gasteiger partial charge in [-0.15, -0.1) is 0 Å². The number of hydrogen-bond acceptors (Lipinski definition) is 0. The van der Waals surface area contributed by atoms with Crippen LogP contribution >= 0.6 is 0 Å². The minimum absolute atomic E-state index is 1.09. The topological polar surface area (TPSA) is 4.93 Å². The van der Waals surface area contributed by atoms with Gasteiger partial charge in [0.1, 0.15) is 0 Å². The van der Waals surface area contributed by atoms with E-state index < -0.39 is 0 Å². The van der Waals surface area contributed by atoms with E-state index in [0.29, 0.717) is 0 Å². The zero-order valence-corrected chi connectivity index (χ0v) is 11.6. The maximum absolute atomic E-state index is 3.98. The summed E-state index contributed by atoms with van der Waals surface area (Å²) in [5.74, 6) is 0. The van der Waals surface area contributed by atoms with Gasteiger partial charge in [-0.1, -0.05) is 49.6 Å². The lowest BCUT2D eigenvalue weighted by Crippen LogP contribution is -1.96. The molecule has 0 saturated carbocycles. The van der Waals surface area contributed by atoms with Crippen molar-refractivity contribution in [3.8, 4) is 5.69 Å². The predicted octanol–water partition coefficient (Wildman–Crippen LogP) is 5.22. The summed E-state index contributed by atoms with van der Waals surface area (Å²) in [7, 11) is 0. The van der Waals surface area contributed by atoms with Crippen molar-refractivity contribution < 1.29 is 0 Å². The first kappa shape index (κ1) is 12.5. The maximum Gasteiger partial charge on any atom is 0.0543 e. The second-order valence-corrected chi connectivity index (χ2v) is 4.85. The molecule has 3 rings (SSSR count). The van der Waals surface area contributed by atoms with Gasteiger partial charge in [-0.25, -0.2) is 0 Å². The molecule has 1 aromatic heterocycles. The lowest BCUT2D eigenvalue weighted by molar-refractivity contribution is 1.11. The van der Waals surface area contributed by atoms with E-state index >= 15 is 0 Å². The highest BCUT2D eigenvalue weighted by Gasteiger charge is 2.15. The van der Waals surface area contributed by atoms with Crippen LogP contribution in [0.15, 0.2) is 61.7 Å². The summed E-state index contributed by atoms with van der Waals surface area (Å²) in [6, 6.07) is 16.7. The van der Waals surface area contributed by atoms with Crippen LogP contribution in [-0.2, 0) is 0 Å². The molecule has 1 nitrogen and oxygen atoms in total. The Morgan fingerprint density at radius 1 is 0.900 bits per heavy atom. The van der Waals surface area contributed by atoms with E-state index in [1.54, 1.807) is 0 Å². The Hall–Kier alpha value is -2.54. The monoisotopic (exact) mass is 259 g/mol. The van der Waals surface area contributed by atoms with Gasteiger partial charge in [0.2, 0.25) is 0 Å². The van der Waals surface area contributed by atoms with Crippen molar-refractivity contribution in [1.82, 2.24) is 4.57 Å². The third-order valence-corrected chi connectivity index (χ3v) is 3.69. The minimum atomic E-state index is 1.09. The van der Waals surface area contributed by atoms with Crippen LogP contribution in [0.1, 0.15) is 16.8 Å². The number of para-hydroxylation sites is 1. The molecule has 1 heterocycles. The molecule has 0 spiro atoms. The van der Waals surface area contributed by atoms with E-state index in [4.69, 9.17) is 0 Å². The van der Waals surface area contributed by atoms with Gasteiger partial charge in [-0.2, -0.15) is 0 Å². The molecule has 0 aliphatic rings. The van der Waals surface area contributed by atoms with Crippen LogP contribution in [0.2, 0.25) is 0 Å². The van der Waals surface area contributed by atoms with Gasteiger partial charge in [0.15, 0.2) is 0 Å². The smallest absolute Gasteiger partial charge is 0.0543 e. The van der Waals surface area contributed by atoms with Crippen LogP contribution in [0.4, 0.5) is 0 Å². The molecule has 0 aliphatic carbocycles. The average molecular weight is 259 g/mol. The molecule has 2 aromatic carbocycles. The predicted molar refractivity (Wildman–Crippen MR) is 88.2 cm³/mol. The van der Waals surface area contributed by atoms with E-state index in [2.05, 4.69) is 67.1 Å². The molecule has 0 fully saturated rings. The SMILES string of the molecule is C=Cc1c(C=C)n(-c2ccccc2)c2cccc(C)c12. The Morgan fingerprint density at radius 2 is 1.65 bits per heavy atom. The number of aromatic nitrogens is 1. The standard InChI is InChI=1S/C19H17N/c1-4-16-17(5-2)20(15-11-7-6-8-12-15)18-13-9-10-14(3)19(16)18/h4-13H,1-2H2,3H3. The van der Waals surface area contributed by atoms with Gasteiger partial charge in [-0.05, 0) is 36.8 Å². The highest BCUT2D eigenvalue weighted by Crippen LogP contribution is 2.33. The van der Waals surface area contributed by atoms with Gasteiger partial charge in [-0.3, -0.25) is 0 Å². The molecule has 1 heteroatoms. The quantitative estimate of drug-likeness (QED) is 0.607. The van der Waals surface area contributed by atoms with Crippen molar-refractivity contribution in [2.75, 3.05) is 0 Å². The summed E-state index contributed by atoms with van der Waals surface area (Å²) >= 11 is 0. The summed E-state index contributed by atoms with van der Waals surface area (Å²) in [5.41, 5.74) is 5.84. The third kappa shape index (κ3) is 1.71. The molecular weight excluding hydrogens is 242 g/mol. The number of nitrogens with zero attached hydrogens (tertiary/aromatic N) is 1. The first-order chi connectivity index (χ1) is 9.77. The van der Waals surface area contributed by atoms with Crippen LogP contribution in [-0.4, -0.2) is 4.57 Å². The number of rotatable bonds is 3. The molecule has 0 atom stereocenters. The summed E-state index contributed by atoms with van der Waals surface area (Å²) in [6.45, 7) is 10.1. The van der Waals surface area contributed by atoms with Crippen LogP contribution in [0.3, 0.4) is 0 Å².